The van der Waals surface area contributed by atoms with Gasteiger partial charge in [-0.25, -0.2) is 0 Å². The third kappa shape index (κ3) is 4.68. The smallest absolute Gasteiger partial charge is 0.161 e. The summed E-state index contributed by atoms with van der Waals surface area (Å²) < 4.78 is 11.2. The standard InChI is InChI=1S/C15H21NO2/c1-4-7-10-18-14-9-8-13(12-16-5-2)11-15(14)17-6-3/h1,8-9,11,16H,5-7,10,12H2,2-3H3. The zero-order valence-corrected chi connectivity index (χ0v) is 11.2. The first-order valence-corrected chi connectivity index (χ1v) is 6.34. The molecule has 98 valence electrons. The highest BCUT2D eigenvalue weighted by Crippen LogP contribution is 2.28. The van der Waals surface area contributed by atoms with Crippen LogP contribution in [0, 0.1) is 12.3 Å². The number of terminal acetylenes is 1. The van der Waals surface area contributed by atoms with Gasteiger partial charge >= 0.3 is 0 Å². The summed E-state index contributed by atoms with van der Waals surface area (Å²) in [4.78, 5) is 0. The van der Waals surface area contributed by atoms with Crippen molar-refractivity contribution < 1.29 is 9.47 Å². The minimum absolute atomic E-state index is 0.517. The Morgan fingerprint density at radius 2 is 2.06 bits per heavy atom. The van der Waals surface area contributed by atoms with Crippen LogP contribution in [0.4, 0.5) is 0 Å². The van der Waals surface area contributed by atoms with E-state index in [0.717, 1.165) is 24.6 Å². The van der Waals surface area contributed by atoms with Crippen LogP contribution in [0.2, 0.25) is 0 Å². The summed E-state index contributed by atoms with van der Waals surface area (Å²) in [6.07, 6.45) is 5.80. The fraction of sp³-hybridized carbons (Fsp3) is 0.467. The molecular formula is C15H21NO2. The van der Waals surface area contributed by atoms with Crippen molar-refractivity contribution in [2.75, 3.05) is 19.8 Å². The van der Waals surface area contributed by atoms with Crippen molar-refractivity contribution >= 4 is 0 Å². The lowest BCUT2D eigenvalue weighted by molar-refractivity contribution is 0.281. The highest BCUT2D eigenvalue weighted by molar-refractivity contribution is 5.43. The summed E-state index contributed by atoms with van der Waals surface area (Å²) in [5, 5.41) is 3.28. The number of ether oxygens (including phenoxy) is 2. The highest BCUT2D eigenvalue weighted by atomic mass is 16.5. The van der Waals surface area contributed by atoms with Crippen molar-refractivity contribution in [1.82, 2.24) is 5.32 Å². The van der Waals surface area contributed by atoms with Gasteiger partial charge in [-0.3, -0.25) is 0 Å². The van der Waals surface area contributed by atoms with Gasteiger partial charge in [-0.05, 0) is 31.2 Å². The van der Waals surface area contributed by atoms with Gasteiger partial charge in [-0.1, -0.05) is 13.0 Å². The summed E-state index contributed by atoms with van der Waals surface area (Å²) in [6.45, 7) is 6.97. The van der Waals surface area contributed by atoms with Gasteiger partial charge in [0.05, 0.1) is 13.2 Å². The molecule has 0 heterocycles. The van der Waals surface area contributed by atoms with Crippen LogP contribution >= 0.6 is 0 Å². The van der Waals surface area contributed by atoms with Gasteiger partial charge in [-0.2, -0.15) is 0 Å². The van der Waals surface area contributed by atoms with Crippen LogP contribution in [0.25, 0.3) is 0 Å². The molecule has 1 aromatic rings. The van der Waals surface area contributed by atoms with Gasteiger partial charge in [0.25, 0.3) is 0 Å². The van der Waals surface area contributed by atoms with Crippen LogP contribution in [0.1, 0.15) is 25.8 Å². The van der Waals surface area contributed by atoms with Crippen molar-refractivity contribution in [3.05, 3.63) is 23.8 Å². The third-order valence-corrected chi connectivity index (χ3v) is 2.39. The van der Waals surface area contributed by atoms with Gasteiger partial charge in [0, 0.05) is 13.0 Å². The number of hydrogen-bond acceptors (Lipinski definition) is 3. The van der Waals surface area contributed by atoms with Crippen molar-refractivity contribution in [3.63, 3.8) is 0 Å². The molecule has 0 unspecified atom stereocenters. The van der Waals surface area contributed by atoms with E-state index in [1.807, 2.05) is 25.1 Å². The molecule has 0 radical (unpaired) electrons. The van der Waals surface area contributed by atoms with E-state index >= 15 is 0 Å². The molecule has 18 heavy (non-hydrogen) atoms. The maximum atomic E-state index is 5.60. The Bertz CT molecular complexity index is 396. The molecule has 0 bridgehead atoms. The SMILES string of the molecule is C#CCCOc1ccc(CNCC)cc1OCC. The monoisotopic (exact) mass is 247 g/mol. The lowest BCUT2D eigenvalue weighted by atomic mass is 10.2. The van der Waals surface area contributed by atoms with Crippen LogP contribution in [0.3, 0.4) is 0 Å². The number of benzene rings is 1. The number of hydrogen-bond donors (Lipinski definition) is 1. The second kappa shape index (κ2) is 8.43. The van der Waals surface area contributed by atoms with E-state index in [2.05, 4.69) is 18.2 Å². The lowest BCUT2D eigenvalue weighted by Gasteiger charge is -2.13. The Labute approximate surface area is 109 Å². The van der Waals surface area contributed by atoms with E-state index in [1.165, 1.54) is 5.56 Å². The average molecular weight is 247 g/mol. The van der Waals surface area contributed by atoms with E-state index in [0.29, 0.717) is 19.6 Å². The molecule has 3 nitrogen and oxygen atoms in total. The predicted molar refractivity (Wildman–Crippen MR) is 73.9 cm³/mol. The van der Waals surface area contributed by atoms with E-state index in [9.17, 15) is 0 Å². The molecule has 1 rings (SSSR count). The molecule has 0 amide bonds. The van der Waals surface area contributed by atoms with E-state index in [4.69, 9.17) is 15.9 Å². The lowest BCUT2D eigenvalue weighted by Crippen LogP contribution is -2.12. The summed E-state index contributed by atoms with van der Waals surface area (Å²) >= 11 is 0. The molecule has 1 aromatic carbocycles. The summed E-state index contributed by atoms with van der Waals surface area (Å²) in [5.41, 5.74) is 1.18. The fourth-order valence-electron chi connectivity index (χ4n) is 1.54. The molecule has 3 heteroatoms. The number of rotatable bonds is 8. The molecule has 0 aliphatic carbocycles. The normalized spacial score (nSPS) is 9.83. The van der Waals surface area contributed by atoms with E-state index < -0.39 is 0 Å². The first kappa shape index (κ1) is 14.4. The Morgan fingerprint density at radius 1 is 1.22 bits per heavy atom. The first-order chi connectivity index (χ1) is 8.81. The van der Waals surface area contributed by atoms with Crippen LogP contribution in [-0.2, 0) is 6.54 Å². The zero-order chi connectivity index (χ0) is 13.2. The molecule has 0 aliphatic rings. The second-order valence-electron chi connectivity index (χ2n) is 3.80. The third-order valence-electron chi connectivity index (χ3n) is 2.39. The maximum absolute atomic E-state index is 5.60. The van der Waals surface area contributed by atoms with Crippen LogP contribution in [0.5, 0.6) is 11.5 Å². The first-order valence-electron chi connectivity index (χ1n) is 6.34. The summed E-state index contributed by atoms with van der Waals surface area (Å²) in [6, 6.07) is 5.99. The number of nitrogens with one attached hydrogen (secondary N) is 1. The van der Waals surface area contributed by atoms with Gasteiger partial charge in [-0.15, -0.1) is 12.3 Å². The van der Waals surface area contributed by atoms with Crippen molar-refractivity contribution in [1.29, 1.82) is 0 Å². The molecule has 0 saturated heterocycles. The van der Waals surface area contributed by atoms with Gasteiger partial charge in [0.15, 0.2) is 11.5 Å². The molecule has 0 spiro atoms. The highest BCUT2D eigenvalue weighted by Gasteiger charge is 2.06. The van der Waals surface area contributed by atoms with Gasteiger partial charge in [0.1, 0.15) is 0 Å². The van der Waals surface area contributed by atoms with Crippen molar-refractivity contribution in [2.45, 2.75) is 26.8 Å². The Balaban J connectivity index is 2.73. The molecule has 0 saturated carbocycles. The predicted octanol–water partition coefficient (Wildman–Crippen LogP) is 2.60. The van der Waals surface area contributed by atoms with Gasteiger partial charge in [0.2, 0.25) is 0 Å². The quantitative estimate of drug-likeness (QED) is 0.566. The van der Waals surface area contributed by atoms with Gasteiger partial charge < -0.3 is 14.8 Å². The molecule has 0 aromatic heterocycles. The van der Waals surface area contributed by atoms with Crippen LogP contribution < -0.4 is 14.8 Å². The van der Waals surface area contributed by atoms with E-state index in [1.54, 1.807) is 0 Å². The Morgan fingerprint density at radius 3 is 2.72 bits per heavy atom. The van der Waals surface area contributed by atoms with Crippen molar-refractivity contribution in [3.8, 4) is 23.8 Å². The summed E-state index contributed by atoms with van der Waals surface area (Å²) in [7, 11) is 0. The fourth-order valence-corrected chi connectivity index (χ4v) is 1.54. The Hall–Kier alpha value is -1.66. The second-order valence-corrected chi connectivity index (χ2v) is 3.80. The topological polar surface area (TPSA) is 30.5 Å². The van der Waals surface area contributed by atoms with Crippen LogP contribution in [-0.4, -0.2) is 19.8 Å². The summed E-state index contributed by atoms with van der Waals surface area (Å²) in [5.74, 6) is 4.09. The van der Waals surface area contributed by atoms with Crippen molar-refractivity contribution in [2.24, 2.45) is 0 Å². The molecule has 0 atom stereocenters. The minimum atomic E-state index is 0.517. The molecule has 0 fully saturated rings. The molecule has 0 aliphatic heterocycles. The largest absolute Gasteiger partial charge is 0.490 e. The molecular weight excluding hydrogens is 226 g/mol. The molecule has 1 N–H and O–H groups in total. The average Bonchev–Trinajstić information content (AvgIpc) is 2.39. The zero-order valence-electron chi connectivity index (χ0n) is 11.2. The van der Waals surface area contributed by atoms with E-state index in [-0.39, 0.29) is 0 Å². The maximum Gasteiger partial charge on any atom is 0.161 e. The minimum Gasteiger partial charge on any atom is -0.490 e. The Kier molecular flexibility index (Phi) is 6.75. The van der Waals surface area contributed by atoms with Crippen LogP contribution in [0.15, 0.2) is 18.2 Å².